The van der Waals surface area contributed by atoms with Crippen LogP contribution in [-0.4, -0.2) is 15.0 Å². The van der Waals surface area contributed by atoms with Gasteiger partial charge in [0.2, 0.25) is 0 Å². The minimum atomic E-state index is 0.551. The third-order valence-electron chi connectivity index (χ3n) is 2.56. The van der Waals surface area contributed by atoms with E-state index in [2.05, 4.69) is 30.9 Å². The molecule has 88 valence electrons. The number of rotatable bonds is 2. The first-order valence-electron chi connectivity index (χ1n) is 5.35. The van der Waals surface area contributed by atoms with E-state index >= 15 is 0 Å². The third kappa shape index (κ3) is 2.44. The van der Waals surface area contributed by atoms with Gasteiger partial charge in [0.1, 0.15) is 5.82 Å². The van der Waals surface area contributed by atoms with E-state index in [0.717, 1.165) is 27.7 Å². The Labute approximate surface area is 108 Å². The second kappa shape index (κ2) is 4.79. The van der Waals surface area contributed by atoms with Crippen LogP contribution >= 0.6 is 15.9 Å². The molecule has 0 saturated heterocycles. The Bertz CT molecular complexity index is 531. The average Bonchev–Trinajstić information content (AvgIpc) is 2.28. The standard InChI is InChI=1S/C12H13BrN4/c1-3-10-7(2)16-12(17-11(10)14)8-4-9(13)6-15-5-8/h4-6H,3H2,1-2H3,(H2,14,16,17). The molecule has 0 radical (unpaired) electrons. The zero-order valence-electron chi connectivity index (χ0n) is 9.74. The van der Waals surface area contributed by atoms with E-state index < -0.39 is 0 Å². The summed E-state index contributed by atoms with van der Waals surface area (Å²) in [5, 5.41) is 0. The van der Waals surface area contributed by atoms with Gasteiger partial charge in [-0.3, -0.25) is 4.98 Å². The van der Waals surface area contributed by atoms with E-state index in [1.165, 1.54) is 0 Å². The van der Waals surface area contributed by atoms with Gasteiger partial charge in [-0.1, -0.05) is 6.92 Å². The van der Waals surface area contributed by atoms with Crippen molar-refractivity contribution in [3.63, 3.8) is 0 Å². The lowest BCUT2D eigenvalue weighted by atomic mass is 10.1. The van der Waals surface area contributed by atoms with Crippen LogP contribution in [0.2, 0.25) is 0 Å². The molecule has 0 atom stereocenters. The maximum Gasteiger partial charge on any atom is 0.163 e. The number of aryl methyl sites for hydroxylation is 1. The van der Waals surface area contributed by atoms with Crippen LogP contribution in [0.4, 0.5) is 5.82 Å². The number of hydrogen-bond acceptors (Lipinski definition) is 4. The zero-order chi connectivity index (χ0) is 12.4. The first kappa shape index (κ1) is 12.0. The molecule has 0 amide bonds. The number of hydrogen-bond donors (Lipinski definition) is 1. The predicted molar refractivity (Wildman–Crippen MR) is 71.5 cm³/mol. The first-order valence-corrected chi connectivity index (χ1v) is 6.15. The van der Waals surface area contributed by atoms with E-state index in [9.17, 15) is 0 Å². The van der Waals surface area contributed by atoms with E-state index in [4.69, 9.17) is 5.73 Å². The summed E-state index contributed by atoms with van der Waals surface area (Å²) in [5.74, 6) is 1.17. The van der Waals surface area contributed by atoms with Crippen LogP contribution in [0.5, 0.6) is 0 Å². The highest BCUT2D eigenvalue weighted by molar-refractivity contribution is 9.10. The Morgan fingerprint density at radius 2 is 2.06 bits per heavy atom. The highest BCUT2D eigenvalue weighted by atomic mass is 79.9. The maximum absolute atomic E-state index is 5.92. The molecule has 0 bridgehead atoms. The van der Waals surface area contributed by atoms with Gasteiger partial charge in [0.15, 0.2) is 5.82 Å². The summed E-state index contributed by atoms with van der Waals surface area (Å²) in [6.07, 6.45) is 4.29. The number of pyridine rings is 1. The Hall–Kier alpha value is -1.49. The van der Waals surface area contributed by atoms with Crippen molar-refractivity contribution in [2.75, 3.05) is 5.73 Å². The fraction of sp³-hybridized carbons (Fsp3) is 0.250. The lowest BCUT2D eigenvalue weighted by molar-refractivity contribution is 1.01. The van der Waals surface area contributed by atoms with Crippen LogP contribution in [-0.2, 0) is 6.42 Å². The molecule has 2 N–H and O–H groups in total. The van der Waals surface area contributed by atoms with Gasteiger partial charge in [-0.2, -0.15) is 0 Å². The van der Waals surface area contributed by atoms with Crippen molar-refractivity contribution >= 4 is 21.7 Å². The van der Waals surface area contributed by atoms with Gasteiger partial charge in [0.05, 0.1) is 0 Å². The highest BCUT2D eigenvalue weighted by Crippen LogP contribution is 2.22. The number of nitrogen functional groups attached to an aromatic ring is 1. The van der Waals surface area contributed by atoms with Crippen LogP contribution < -0.4 is 5.73 Å². The van der Waals surface area contributed by atoms with E-state index in [1.54, 1.807) is 12.4 Å². The molecule has 0 saturated carbocycles. The lowest BCUT2D eigenvalue weighted by Crippen LogP contribution is -2.04. The number of nitrogens with two attached hydrogens (primary N) is 1. The lowest BCUT2D eigenvalue weighted by Gasteiger charge is -2.08. The molecule has 0 spiro atoms. The van der Waals surface area contributed by atoms with Gasteiger partial charge >= 0.3 is 0 Å². The molecule has 0 fully saturated rings. The van der Waals surface area contributed by atoms with E-state index in [0.29, 0.717) is 11.6 Å². The fourth-order valence-corrected chi connectivity index (χ4v) is 2.08. The predicted octanol–water partition coefficient (Wildman–Crippen LogP) is 2.75. The van der Waals surface area contributed by atoms with Gasteiger partial charge in [0.25, 0.3) is 0 Å². The van der Waals surface area contributed by atoms with Gasteiger partial charge in [0, 0.05) is 33.7 Å². The van der Waals surface area contributed by atoms with E-state index in [-0.39, 0.29) is 0 Å². The van der Waals surface area contributed by atoms with Crippen LogP contribution in [0.25, 0.3) is 11.4 Å². The molecule has 0 aromatic carbocycles. The van der Waals surface area contributed by atoms with Gasteiger partial charge in [-0.25, -0.2) is 9.97 Å². The topological polar surface area (TPSA) is 64.7 Å². The maximum atomic E-state index is 5.92. The highest BCUT2D eigenvalue weighted by Gasteiger charge is 2.09. The van der Waals surface area contributed by atoms with Crippen LogP contribution in [0, 0.1) is 6.92 Å². The van der Waals surface area contributed by atoms with Crippen molar-refractivity contribution in [3.05, 3.63) is 34.2 Å². The van der Waals surface area contributed by atoms with Crippen molar-refractivity contribution in [2.45, 2.75) is 20.3 Å². The van der Waals surface area contributed by atoms with Gasteiger partial charge < -0.3 is 5.73 Å². The summed E-state index contributed by atoms with van der Waals surface area (Å²) < 4.78 is 0.898. The van der Waals surface area contributed by atoms with Gasteiger partial charge in [-0.05, 0) is 35.3 Å². The van der Waals surface area contributed by atoms with Crippen molar-refractivity contribution in [1.82, 2.24) is 15.0 Å². The SMILES string of the molecule is CCc1c(C)nc(-c2cncc(Br)c2)nc1N. The number of halogens is 1. The summed E-state index contributed by atoms with van der Waals surface area (Å²) in [5.41, 5.74) is 8.72. The normalized spacial score (nSPS) is 10.5. The fourth-order valence-electron chi connectivity index (χ4n) is 1.72. The second-order valence-electron chi connectivity index (χ2n) is 3.74. The molecule has 5 heteroatoms. The molecule has 0 unspecified atom stereocenters. The van der Waals surface area contributed by atoms with Crippen molar-refractivity contribution < 1.29 is 0 Å². The molecular weight excluding hydrogens is 280 g/mol. The summed E-state index contributed by atoms with van der Waals surface area (Å²) in [6, 6.07) is 1.92. The summed E-state index contributed by atoms with van der Waals surface area (Å²) in [4.78, 5) is 12.9. The summed E-state index contributed by atoms with van der Waals surface area (Å²) in [7, 11) is 0. The monoisotopic (exact) mass is 292 g/mol. The molecule has 0 aliphatic rings. The second-order valence-corrected chi connectivity index (χ2v) is 4.66. The summed E-state index contributed by atoms with van der Waals surface area (Å²) >= 11 is 3.38. The number of nitrogens with zero attached hydrogens (tertiary/aromatic N) is 3. The molecule has 4 nitrogen and oxygen atoms in total. The number of anilines is 1. The van der Waals surface area contributed by atoms with Crippen LogP contribution in [0.1, 0.15) is 18.2 Å². The van der Waals surface area contributed by atoms with Crippen LogP contribution in [0.3, 0.4) is 0 Å². The van der Waals surface area contributed by atoms with E-state index in [1.807, 2.05) is 19.9 Å². The molecular formula is C12H13BrN4. The molecule has 2 rings (SSSR count). The molecule has 2 heterocycles. The largest absolute Gasteiger partial charge is 0.383 e. The molecule has 0 aliphatic carbocycles. The first-order chi connectivity index (χ1) is 8.11. The molecule has 0 aliphatic heterocycles. The van der Waals surface area contributed by atoms with Crippen molar-refractivity contribution in [3.8, 4) is 11.4 Å². The molecule has 2 aromatic heterocycles. The Balaban J connectivity index is 2.54. The molecule has 2 aromatic rings. The average molecular weight is 293 g/mol. The smallest absolute Gasteiger partial charge is 0.163 e. The Morgan fingerprint density at radius 1 is 1.29 bits per heavy atom. The molecule has 17 heavy (non-hydrogen) atoms. The van der Waals surface area contributed by atoms with Crippen molar-refractivity contribution in [1.29, 1.82) is 0 Å². The number of aromatic nitrogens is 3. The summed E-state index contributed by atoms with van der Waals surface area (Å²) in [6.45, 7) is 3.99. The Morgan fingerprint density at radius 3 is 2.65 bits per heavy atom. The quantitative estimate of drug-likeness (QED) is 0.924. The van der Waals surface area contributed by atoms with Crippen LogP contribution in [0.15, 0.2) is 22.9 Å². The van der Waals surface area contributed by atoms with Gasteiger partial charge in [-0.15, -0.1) is 0 Å². The Kier molecular flexibility index (Phi) is 3.38. The van der Waals surface area contributed by atoms with Crippen molar-refractivity contribution in [2.24, 2.45) is 0 Å². The zero-order valence-corrected chi connectivity index (χ0v) is 11.3. The third-order valence-corrected chi connectivity index (χ3v) is 3.00. The minimum absolute atomic E-state index is 0.551. The minimum Gasteiger partial charge on any atom is -0.383 e.